The summed E-state index contributed by atoms with van der Waals surface area (Å²) in [6.07, 6.45) is 0. The number of hydrogen-bond acceptors (Lipinski definition) is 3. The van der Waals surface area contributed by atoms with Gasteiger partial charge in [-0.05, 0) is 26.0 Å². The van der Waals surface area contributed by atoms with Gasteiger partial charge in [0.25, 0.3) is 5.91 Å². The molecule has 1 amide bonds. The molecule has 1 aromatic rings. The monoisotopic (exact) mass is 256 g/mol. The zero-order chi connectivity index (χ0) is 13.2. The molecule has 0 saturated heterocycles. The molecular formula is C11H16N2O3S. The second-order valence-corrected chi connectivity index (χ2v) is 5.39. The van der Waals surface area contributed by atoms with Gasteiger partial charge in [0.2, 0.25) is 10.0 Å². The molecule has 0 bridgehead atoms. The molecule has 6 heteroatoms. The van der Waals surface area contributed by atoms with E-state index in [2.05, 4.69) is 0 Å². The number of rotatable bonds is 3. The molecule has 17 heavy (non-hydrogen) atoms. The van der Waals surface area contributed by atoms with Crippen LogP contribution in [0.4, 0.5) is 0 Å². The quantitative estimate of drug-likeness (QED) is 0.865. The van der Waals surface area contributed by atoms with Gasteiger partial charge in [0.1, 0.15) is 0 Å². The normalized spacial score (nSPS) is 11.3. The number of hydrogen-bond donors (Lipinski definition) is 1. The van der Waals surface area contributed by atoms with Gasteiger partial charge in [0, 0.05) is 13.6 Å². The molecule has 0 spiro atoms. The van der Waals surface area contributed by atoms with Gasteiger partial charge in [0.15, 0.2) is 0 Å². The Morgan fingerprint density at radius 3 is 2.47 bits per heavy atom. The molecule has 0 aromatic heterocycles. The molecule has 0 radical (unpaired) electrons. The highest BCUT2D eigenvalue weighted by atomic mass is 32.2. The van der Waals surface area contributed by atoms with Crippen molar-refractivity contribution in [2.45, 2.75) is 18.7 Å². The first-order valence-electron chi connectivity index (χ1n) is 5.16. The largest absolute Gasteiger partial charge is 0.342 e. The Morgan fingerprint density at radius 2 is 2.00 bits per heavy atom. The molecule has 1 rings (SSSR count). The van der Waals surface area contributed by atoms with Crippen LogP contribution >= 0.6 is 0 Å². The molecule has 0 heterocycles. The van der Waals surface area contributed by atoms with Gasteiger partial charge in [-0.3, -0.25) is 4.79 Å². The van der Waals surface area contributed by atoms with Crippen LogP contribution in [-0.2, 0) is 10.0 Å². The maximum atomic E-state index is 12.0. The van der Waals surface area contributed by atoms with E-state index < -0.39 is 10.0 Å². The standard InChI is InChI=1S/C11H16N2O3S/c1-4-13(3)11(14)9-7-8(2)5-6-10(9)17(12,15)16/h5-7H,4H2,1-3H3,(H2,12,15,16). The van der Waals surface area contributed by atoms with Crippen LogP contribution in [0, 0.1) is 6.92 Å². The third-order valence-corrected chi connectivity index (χ3v) is 3.46. The van der Waals surface area contributed by atoms with Gasteiger partial charge in [-0.15, -0.1) is 0 Å². The van der Waals surface area contributed by atoms with Gasteiger partial charge in [-0.2, -0.15) is 0 Å². The number of carbonyl (C=O) groups excluding carboxylic acids is 1. The maximum Gasteiger partial charge on any atom is 0.254 e. The van der Waals surface area contributed by atoms with E-state index in [4.69, 9.17) is 5.14 Å². The SMILES string of the molecule is CCN(C)C(=O)c1cc(C)ccc1S(N)(=O)=O. The van der Waals surface area contributed by atoms with Crippen molar-refractivity contribution in [2.75, 3.05) is 13.6 Å². The lowest BCUT2D eigenvalue weighted by atomic mass is 10.1. The minimum Gasteiger partial charge on any atom is -0.342 e. The van der Waals surface area contributed by atoms with Gasteiger partial charge < -0.3 is 4.90 Å². The molecule has 5 nitrogen and oxygen atoms in total. The molecular weight excluding hydrogens is 240 g/mol. The van der Waals surface area contributed by atoms with Crippen molar-refractivity contribution in [2.24, 2.45) is 5.14 Å². The highest BCUT2D eigenvalue weighted by molar-refractivity contribution is 7.89. The number of sulfonamides is 1. The zero-order valence-corrected chi connectivity index (χ0v) is 10.9. The van der Waals surface area contributed by atoms with Gasteiger partial charge in [-0.25, -0.2) is 13.6 Å². The van der Waals surface area contributed by atoms with E-state index in [0.29, 0.717) is 6.54 Å². The van der Waals surface area contributed by atoms with Crippen molar-refractivity contribution < 1.29 is 13.2 Å². The molecule has 0 aliphatic rings. The number of amides is 1. The van der Waals surface area contributed by atoms with Gasteiger partial charge >= 0.3 is 0 Å². The number of aryl methyl sites for hydroxylation is 1. The fraction of sp³-hybridized carbons (Fsp3) is 0.364. The summed E-state index contributed by atoms with van der Waals surface area (Å²) in [7, 11) is -2.28. The minimum absolute atomic E-state index is 0.122. The topological polar surface area (TPSA) is 80.5 Å². The van der Waals surface area contributed by atoms with Crippen LogP contribution in [0.2, 0.25) is 0 Å². The molecule has 2 N–H and O–H groups in total. The number of carbonyl (C=O) groups is 1. The summed E-state index contributed by atoms with van der Waals surface area (Å²) in [5.74, 6) is -0.347. The van der Waals surface area contributed by atoms with Gasteiger partial charge in [-0.1, -0.05) is 11.6 Å². The fourth-order valence-corrected chi connectivity index (χ4v) is 2.12. The summed E-state index contributed by atoms with van der Waals surface area (Å²) in [4.78, 5) is 13.3. The van der Waals surface area contributed by atoms with Crippen LogP contribution in [0.1, 0.15) is 22.8 Å². The van der Waals surface area contributed by atoms with Crippen molar-refractivity contribution >= 4 is 15.9 Å². The summed E-state index contributed by atoms with van der Waals surface area (Å²) in [6.45, 7) is 4.09. The van der Waals surface area contributed by atoms with Crippen LogP contribution in [0.15, 0.2) is 23.1 Å². The minimum atomic E-state index is -3.88. The molecule has 94 valence electrons. The smallest absolute Gasteiger partial charge is 0.254 e. The Morgan fingerprint density at radius 1 is 1.41 bits per heavy atom. The number of nitrogens with two attached hydrogens (primary N) is 1. The summed E-state index contributed by atoms with van der Waals surface area (Å²) in [5, 5.41) is 5.09. The third-order valence-electron chi connectivity index (χ3n) is 2.49. The maximum absolute atomic E-state index is 12.0. The first-order valence-corrected chi connectivity index (χ1v) is 6.71. The first kappa shape index (κ1) is 13.7. The first-order chi connectivity index (χ1) is 7.77. The summed E-state index contributed by atoms with van der Waals surface area (Å²) in [5.41, 5.74) is 0.933. The van der Waals surface area contributed by atoms with Gasteiger partial charge in [0.05, 0.1) is 10.5 Å². The average molecular weight is 256 g/mol. The van der Waals surface area contributed by atoms with Crippen LogP contribution in [-0.4, -0.2) is 32.8 Å². The number of nitrogens with zero attached hydrogens (tertiary/aromatic N) is 1. The van der Waals surface area contributed by atoms with Crippen molar-refractivity contribution in [1.82, 2.24) is 4.90 Å². The van der Waals surface area contributed by atoms with Crippen molar-refractivity contribution in [3.05, 3.63) is 29.3 Å². The lowest BCUT2D eigenvalue weighted by molar-refractivity contribution is 0.0798. The van der Waals surface area contributed by atoms with Crippen LogP contribution in [0.25, 0.3) is 0 Å². The van der Waals surface area contributed by atoms with E-state index in [-0.39, 0.29) is 16.4 Å². The second kappa shape index (κ2) is 4.85. The molecule has 0 aliphatic carbocycles. The van der Waals surface area contributed by atoms with E-state index in [1.807, 2.05) is 6.92 Å². The van der Waals surface area contributed by atoms with Crippen LogP contribution in [0.5, 0.6) is 0 Å². The Kier molecular flexibility index (Phi) is 3.90. The Bertz CT molecular complexity index is 538. The van der Waals surface area contributed by atoms with E-state index in [9.17, 15) is 13.2 Å². The van der Waals surface area contributed by atoms with E-state index in [1.54, 1.807) is 20.0 Å². The summed E-state index contributed by atoms with van der Waals surface area (Å²) >= 11 is 0. The molecule has 0 unspecified atom stereocenters. The van der Waals surface area contributed by atoms with Crippen molar-refractivity contribution in [1.29, 1.82) is 0 Å². The van der Waals surface area contributed by atoms with Crippen molar-refractivity contribution in [3.63, 3.8) is 0 Å². The summed E-state index contributed by atoms with van der Waals surface area (Å²) in [6, 6.07) is 4.51. The Labute approximate surface area is 101 Å². The molecule has 0 saturated carbocycles. The highest BCUT2D eigenvalue weighted by Gasteiger charge is 2.21. The predicted octanol–water partition coefficient (Wildman–Crippen LogP) is 0.734. The van der Waals surface area contributed by atoms with E-state index >= 15 is 0 Å². The zero-order valence-electron chi connectivity index (χ0n) is 10.1. The molecule has 0 fully saturated rings. The Hall–Kier alpha value is -1.40. The average Bonchev–Trinajstić information content (AvgIpc) is 2.25. The fourth-order valence-electron chi connectivity index (χ4n) is 1.41. The molecule has 1 aromatic carbocycles. The van der Waals surface area contributed by atoms with Crippen LogP contribution in [0.3, 0.4) is 0 Å². The molecule has 0 atom stereocenters. The molecule has 0 aliphatic heterocycles. The van der Waals surface area contributed by atoms with Crippen molar-refractivity contribution in [3.8, 4) is 0 Å². The second-order valence-electron chi connectivity index (χ2n) is 3.86. The number of benzene rings is 1. The Balaban J connectivity index is 3.41. The number of primary sulfonamides is 1. The van der Waals surface area contributed by atoms with E-state index in [1.165, 1.54) is 17.0 Å². The summed E-state index contributed by atoms with van der Waals surface area (Å²) < 4.78 is 22.8. The predicted molar refractivity (Wildman–Crippen MR) is 65.2 cm³/mol. The van der Waals surface area contributed by atoms with Crippen LogP contribution < -0.4 is 5.14 Å². The van der Waals surface area contributed by atoms with E-state index in [0.717, 1.165) is 5.56 Å². The highest BCUT2D eigenvalue weighted by Crippen LogP contribution is 2.17. The third kappa shape index (κ3) is 3.04. The lowest BCUT2D eigenvalue weighted by Gasteiger charge is -2.16. The lowest BCUT2D eigenvalue weighted by Crippen LogP contribution is -2.28.